The van der Waals surface area contributed by atoms with E-state index in [1.54, 1.807) is 18.2 Å². The van der Waals surface area contributed by atoms with E-state index in [-0.39, 0.29) is 24.3 Å². The quantitative estimate of drug-likeness (QED) is 0.794. The molecular weight excluding hydrogens is 381 g/mol. The maximum atomic E-state index is 12.2. The second kappa shape index (κ2) is 8.43. The van der Waals surface area contributed by atoms with Gasteiger partial charge in [-0.15, -0.1) is 0 Å². The molecule has 134 valence electrons. The predicted octanol–water partition coefficient (Wildman–Crippen LogP) is 4.24. The summed E-state index contributed by atoms with van der Waals surface area (Å²) in [5, 5.41) is 6.58. The van der Waals surface area contributed by atoms with Crippen LogP contribution >= 0.6 is 35.0 Å². The van der Waals surface area contributed by atoms with Crippen LogP contribution in [-0.2, 0) is 9.59 Å². The first-order valence-electron chi connectivity index (χ1n) is 8.31. The number of hydrogen-bond acceptors (Lipinski definition) is 4. The van der Waals surface area contributed by atoms with E-state index in [2.05, 4.69) is 15.6 Å². The summed E-state index contributed by atoms with van der Waals surface area (Å²) < 4.78 is 0. The molecule has 1 saturated heterocycles. The number of anilines is 1. The Morgan fingerprint density at radius 3 is 2.56 bits per heavy atom. The minimum atomic E-state index is -0.461. The van der Waals surface area contributed by atoms with Crippen LogP contribution in [0.25, 0.3) is 0 Å². The van der Waals surface area contributed by atoms with Gasteiger partial charge in [0.05, 0.1) is 6.04 Å². The van der Waals surface area contributed by atoms with Crippen LogP contribution in [0.5, 0.6) is 0 Å². The lowest BCUT2D eigenvalue weighted by Crippen LogP contribution is -2.28. The largest absolute Gasteiger partial charge is 0.326 e. The van der Waals surface area contributed by atoms with Gasteiger partial charge in [-0.2, -0.15) is 0 Å². The standard InChI is InChI=1S/C17H19Cl2N3O2S/c18-10-6-11(19)8-13(7-10)20-15(23)9-14-16(24)22-17(25-14)21-12-4-2-1-3-5-12/h6-8,12,14H,1-5,9H2,(H,20,23)(H,21,22,24)/t14-/m0/s1. The summed E-state index contributed by atoms with van der Waals surface area (Å²) in [4.78, 5) is 28.9. The van der Waals surface area contributed by atoms with Gasteiger partial charge in [0.15, 0.2) is 5.17 Å². The average Bonchev–Trinajstić information content (AvgIpc) is 2.86. The van der Waals surface area contributed by atoms with E-state index in [1.165, 1.54) is 31.0 Å². The minimum absolute atomic E-state index is 0.0737. The molecule has 5 nitrogen and oxygen atoms in total. The number of benzene rings is 1. The molecule has 1 aromatic carbocycles. The molecule has 0 spiro atoms. The van der Waals surface area contributed by atoms with Crippen LogP contribution in [0.4, 0.5) is 5.69 Å². The molecule has 8 heteroatoms. The Labute approximate surface area is 160 Å². The van der Waals surface area contributed by atoms with E-state index in [0.717, 1.165) is 12.8 Å². The molecule has 2 fully saturated rings. The third kappa shape index (κ3) is 5.36. The molecule has 25 heavy (non-hydrogen) atoms. The third-order valence-corrected chi connectivity index (χ3v) is 5.70. The van der Waals surface area contributed by atoms with Gasteiger partial charge < -0.3 is 10.6 Å². The Balaban J connectivity index is 1.56. The minimum Gasteiger partial charge on any atom is -0.326 e. The Morgan fingerprint density at radius 1 is 1.20 bits per heavy atom. The number of halogens is 2. The molecule has 1 aliphatic carbocycles. The van der Waals surface area contributed by atoms with Crippen LogP contribution < -0.4 is 10.6 Å². The zero-order chi connectivity index (χ0) is 17.8. The van der Waals surface area contributed by atoms with Crippen molar-refractivity contribution in [3.8, 4) is 0 Å². The van der Waals surface area contributed by atoms with Crippen molar-refractivity contribution in [1.82, 2.24) is 5.32 Å². The van der Waals surface area contributed by atoms with Gasteiger partial charge in [-0.1, -0.05) is 54.2 Å². The average molecular weight is 400 g/mol. The van der Waals surface area contributed by atoms with Gasteiger partial charge in [0, 0.05) is 22.2 Å². The summed E-state index contributed by atoms with van der Waals surface area (Å²) in [5.74, 6) is -0.427. The molecule has 2 N–H and O–H groups in total. The van der Waals surface area contributed by atoms with Crippen molar-refractivity contribution < 1.29 is 9.59 Å². The number of thioether (sulfide) groups is 1. The summed E-state index contributed by atoms with van der Waals surface area (Å²) in [5.41, 5.74) is 0.516. The van der Waals surface area contributed by atoms with Crippen molar-refractivity contribution in [1.29, 1.82) is 0 Å². The fourth-order valence-corrected chi connectivity index (χ4v) is 4.55. The highest BCUT2D eigenvalue weighted by Gasteiger charge is 2.32. The molecule has 1 aromatic rings. The van der Waals surface area contributed by atoms with Crippen molar-refractivity contribution in [3.05, 3.63) is 28.2 Å². The Morgan fingerprint density at radius 2 is 1.88 bits per heavy atom. The third-order valence-electron chi connectivity index (χ3n) is 4.17. The van der Waals surface area contributed by atoms with Crippen molar-refractivity contribution in [3.63, 3.8) is 0 Å². The van der Waals surface area contributed by atoms with Gasteiger partial charge >= 0.3 is 0 Å². The maximum Gasteiger partial charge on any atom is 0.240 e. The summed E-state index contributed by atoms with van der Waals surface area (Å²) in [6.07, 6.45) is 5.85. The highest BCUT2D eigenvalue weighted by atomic mass is 35.5. The lowest BCUT2D eigenvalue weighted by atomic mass is 9.96. The molecule has 1 heterocycles. The van der Waals surface area contributed by atoms with E-state index in [1.807, 2.05) is 0 Å². The van der Waals surface area contributed by atoms with Crippen LogP contribution in [0.15, 0.2) is 23.2 Å². The molecule has 1 aliphatic heterocycles. The van der Waals surface area contributed by atoms with E-state index in [9.17, 15) is 9.59 Å². The predicted molar refractivity (Wildman–Crippen MR) is 104 cm³/mol. The van der Waals surface area contributed by atoms with E-state index in [0.29, 0.717) is 20.9 Å². The highest BCUT2D eigenvalue weighted by molar-refractivity contribution is 8.15. The monoisotopic (exact) mass is 399 g/mol. The zero-order valence-electron chi connectivity index (χ0n) is 13.6. The molecule has 3 rings (SSSR count). The molecule has 1 saturated carbocycles. The van der Waals surface area contributed by atoms with Gasteiger partial charge in [-0.05, 0) is 31.0 Å². The van der Waals surface area contributed by atoms with Gasteiger partial charge in [0.1, 0.15) is 5.25 Å². The number of nitrogens with one attached hydrogen (secondary N) is 2. The first-order chi connectivity index (χ1) is 12.0. The summed E-state index contributed by atoms with van der Waals surface area (Å²) in [7, 11) is 0. The van der Waals surface area contributed by atoms with E-state index < -0.39 is 5.25 Å². The fraction of sp³-hybridized carbons (Fsp3) is 0.471. The lowest BCUT2D eigenvalue weighted by Gasteiger charge is -2.17. The van der Waals surface area contributed by atoms with Gasteiger partial charge in [0.25, 0.3) is 0 Å². The van der Waals surface area contributed by atoms with Crippen LogP contribution in [0.2, 0.25) is 10.0 Å². The summed E-state index contributed by atoms with van der Waals surface area (Å²) in [6, 6.07) is 5.11. The lowest BCUT2D eigenvalue weighted by molar-refractivity contribution is -0.122. The summed E-state index contributed by atoms with van der Waals surface area (Å²) in [6.45, 7) is 0. The molecule has 0 aromatic heterocycles. The van der Waals surface area contributed by atoms with E-state index >= 15 is 0 Å². The summed E-state index contributed by atoms with van der Waals surface area (Å²) >= 11 is 13.2. The second-order valence-corrected chi connectivity index (χ2v) is 8.30. The Kier molecular flexibility index (Phi) is 6.25. The highest BCUT2D eigenvalue weighted by Crippen LogP contribution is 2.27. The smallest absolute Gasteiger partial charge is 0.240 e. The Hall–Kier alpha value is -1.24. The number of aliphatic imine (C=N–C) groups is 1. The number of carbonyl (C=O) groups is 2. The number of rotatable bonds is 4. The van der Waals surface area contributed by atoms with Gasteiger partial charge in [0.2, 0.25) is 11.8 Å². The van der Waals surface area contributed by atoms with Gasteiger partial charge in [-0.25, -0.2) is 0 Å². The fourth-order valence-electron chi connectivity index (χ4n) is 2.98. The topological polar surface area (TPSA) is 70.6 Å². The van der Waals surface area contributed by atoms with Crippen molar-refractivity contribution in [2.24, 2.45) is 4.99 Å². The van der Waals surface area contributed by atoms with Crippen LogP contribution in [-0.4, -0.2) is 28.3 Å². The van der Waals surface area contributed by atoms with Crippen LogP contribution in [0.1, 0.15) is 38.5 Å². The molecule has 0 unspecified atom stereocenters. The van der Waals surface area contributed by atoms with Crippen molar-refractivity contribution in [2.75, 3.05) is 5.32 Å². The molecule has 2 aliphatic rings. The van der Waals surface area contributed by atoms with Gasteiger partial charge in [-0.3, -0.25) is 14.6 Å². The molecule has 2 amide bonds. The number of amides is 2. The molecule has 0 radical (unpaired) electrons. The number of carbonyl (C=O) groups excluding carboxylic acids is 2. The van der Waals surface area contributed by atoms with Crippen LogP contribution in [0.3, 0.4) is 0 Å². The Bertz CT molecular complexity index is 685. The number of hydrogen-bond donors (Lipinski definition) is 2. The van der Waals surface area contributed by atoms with Crippen molar-refractivity contribution >= 4 is 57.6 Å². The van der Waals surface area contributed by atoms with E-state index in [4.69, 9.17) is 23.2 Å². The molecular formula is C17H19Cl2N3O2S. The first kappa shape index (κ1) is 18.5. The molecule has 0 bridgehead atoms. The zero-order valence-corrected chi connectivity index (χ0v) is 15.9. The van der Waals surface area contributed by atoms with Crippen LogP contribution in [0, 0.1) is 0 Å². The normalized spacial score (nSPS) is 22.9. The maximum absolute atomic E-state index is 12.2. The SMILES string of the molecule is O=C(C[C@@H]1SC(=NC2CCCCC2)NC1=O)Nc1cc(Cl)cc(Cl)c1. The molecule has 1 atom stereocenters. The number of nitrogens with zero attached hydrogens (tertiary/aromatic N) is 1. The second-order valence-electron chi connectivity index (χ2n) is 6.23. The van der Waals surface area contributed by atoms with Crippen molar-refractivity contribution in [2.45, 2.75) is 49.8 Å². The number of amidine groups is 1. The first-order valence-corrected chi connectivity index (χ1v) is 9.94.